The summed E-state index contributed by atoms with van der Waals surface area (Å²) in [6.07, 6.45) is 3.03. The summed E-state index contributed by atoms with van der Waals surface area (Å²) in [7, 11) is 3.10. The van der Waals surface area contributed by atoms with E-state index in [1.165, 1.54) is 6.08 Å². The van der Waals surface area contributed by atoms with Crippen molar-refractivity contribution in [1.29, 1.82) is 0 Å². The van der Waals surface area contributed by atoms with Gasteiger partial charge in [0.15, 0.2) is 11.5 Å². The highest BCUT2D eigenvalue weighted by atomic mass is 16.7. The van der Waals surface area contributed by atoms with Crippen molar-refractivity contribution in [2.24, 2.45) is 0 Å². The molecule has 1 aliphatic rings. The van der Waals surface area contributed by atoms with E-state index in [0.29, 0.717) is 43.5 Å². The third kappa shape index (κ3) is 5.59. The molecule has 0 unspecified atom stereocenters. The topological polar surface area (TPSA) is 86.3 Å². The van der Waals surface area contributed by atoms with E-state index in [9.17, 15) is 9.59 Å². The van der Waals surface area contributed by atoms with Crippen LogP contribution in [0.4, 0.5) is 5.69 Å². The molecule has 1 aliphatic heterocycles. The fraction of sp³-hybridized carbons (Fsp3) is 0.273. The van der Waals surface area contributed by atoms with Gasteiger partial charge < -0.3 is 24.4 Å². The Balaban J connectivity index is 1.66. The minimum Gasteiger partial charge on any atom is -0.493 e. The molecule has 158 valence electrons. The van der Waals surface area contributed by atoms with Gasteiger partial charge in [-0.05, 0) is 35.9 Å². The molecule has 3 rings (SSSR count). The molecular formula is C22H24N2O6. The molecule has 0 radical (unpaired) electrons. The third-order valence-electron chi connectivity index (χ3n) is 4.42. The number of nitrogens with zero attached hydrogens (tertiary/aromatic N) is 1. The van der Waals surface area contributed by atoms with Crippen molar-refractivity contribution >= 4 is 23.6 Å². The van der Waals surface area contributed by atoms with Gasteiger partial charge in [-0.3, -0.25) is 4.79 Å². The number of methoxy groups -OCH3 is 2. The molecule has 0 bridgehead atoms. The van der Waals surface area contributed by atoms with Gasteiger partial charge in [-0.25, -0.2) is 4.79 Å². The number of anilines is 1. The van der Waals surface area contributed by atoms with E-state index >= 15 is 0 Å². The molecule has 30 heavy (non-hydrogen) atoms. The Morgan fingerprint density at radius 3 is 2.50 bits per heavy atom. The van der Waals surface area contributed by atoms with Gasteiger partial charge in [-0.15, -0.1) is 5.06 Å². The molecule has 8 heteroatoms. The third-order valence-corrected chi connectivity index (χ3v) is 4.42. The molecule has 2 aromatic carbocycles. The van der Waals surface area contributed by atoms with Gasteiger partial charge in [0.05, 0.1) is 51.8 Å². The van der Waals surface area contributed by atoms with Crippen molar-refractivity contribution in [3.63, 3.8) is 0 Å². The summed E-state index contributed by atoms with van der Waals surface area (Å²) in [6.45, 7) is 2.03. The summed E-state index contributed by atoms with van der Waals surface area (Å²) in [6, 6.07) is 12.0. The lowest BCUT2D eigenvalue weighted by molar-refractivity contribution is -0.150. The molecule has 0 spiro atoms. The Kier molecular flexibility index (Phi) is 7.42. The van der Waals surface area contributed by atoms with E-state index in [-0.39, 0.29) is 11.5 Å². The Labute approximate surface area is 174 Å². The van der Waals surface area contributed by atoms with E-state index < -0.39 is 5.97 Å². The van der Waals surface area contributed by atoms with Crippen LogP contribution in [0.15, 0.2) is 48.5 Å². The zero-order valence-electron chi connectivity index (χ0n) is 16.9. The standard InChI is InChI=1S/C22H24N2O6/c1-27-19-9-7-16(15-20(19)28-2)8-10-21(25)23-18-6-4-3-5-17(18)22(26)30-24-11-13-29-14-12-24/h3-10,15H,11-14H2,1-2H3,(H,23,25)/b10-8+. The first kappa shape index (κ1) is 21.4. The molecule has 2 aromatic rings. The van der Waals surface area contributed by atoms with E-state index in [1.807, 2.05) is 0 Å². The van der Waals surface area contributed by atoms with Crippen molar-refractivity contribution in [3.05, 3.63) is 59.7 Å². The van der Waals surface area contributed by atoms with Crippen LogP contribution in [-0.4, -0.2) is 57.5 Å². The maximum atomic E-state index is 12.5. The molecule has 0 atom stereocenters. The molecular weight excluding hydrogens is 388 g/mol. The van der Waals surface area contributed by atoms with Crippen molar-refractivity contribution in [1.82, 2.24) is 5.06 Å². The summed E-state index contributed by atoms with van der Waals surface area (Å²) in [4.78, 5) is 30.3. The molecule has 0 saturated carbocycles. The van der Waals surface area contributed by atoms with Crippen LogP contribution in [0.2, 0.25) is 0 Å². The fourth-order valence-electron chi connectivity index (χ4n) is 2.88. The van der Waals surface area contributed by atoms with Gasteiger partial charge in [0.1, 0.15) is 0 Å². The number of rotatable bonds is 7. The summed E-state index contributed by atoms with van der Waals surface area (Å²) < 4.78 is 15.7. The SMILES string of the molecule is COc1ccc(/C=C/C(=O)Nc2ccccc2C(=O)ON2CCOCC2)cc1OC. The Morgan fingerprint density at radius 2 is 1.77 bits per heavy atom. The maximum absolute atomic E-state index is 12.5. The lowest BCUT2D eigenvalue weighted by atomic mass is 10.1. The quantitative estimate of drug-likeness (QED) is 0.700. The number of carbonyl (C=O) groups excluding carboxylic acids is 2. The monoisotopic (exact) mass is 412 g/mol. The average Bonchev–Trinajstić information content (AvgIpc) is 2.78. The van der Waals surface area contributed by atoms with Crippen LogP contribution < -0.4 is 14.8 Å². The smallest absolute Gasteiger partial charge is 0.359 e. The highest BCUT2D eigenvalue weighted by molar-refractivity contribution is 6.06. The lowest BCUT2D eigenvalue weighted by Gasteiger charge is -2.25. The van der Waals surface area contributed by atoms with E-state index in [0.717, 1.165) is 5.56 Å². The van der Waals surface area contributed by atoms with Crippen LogP contribution in [0, 0.1) is 0 Å². The van der Waals surface area contributed by atoms with Gasteiger partial charge in [0, 0.05) is 6.08 Å². The van der Waals surface area contributed by atoms with Crippen LogP contribution in [0.5, 0.6) is 11.5 Å². The van der Waals surface area contributed by atoms with Gasteiger partial charge in [0.2, 0.25) is 5.91 Å². The van der Waals surface area contributed by atoms with Gasteiger partial charge in [-0.1, -0.05) is 18.2 Å². The fourth-order valence-corrected chi connectivity index (χ4v) is 2.88. The summed E-state index contributed by atoms with van der Waals surface area (Å²) in [5, 5.41) is 4.28. The van der Waals surface area contributed by atoms with Crippen LogP contribution in [0.25, 0.3) is 6.08 Å². The van der Waals surface area contributed by atoms with Crippen LogP contribution in [0.1, 0.15) is 15.9 Å². The number of ether oxygens (including phenoxy) is 3. The highest BCUT2D eigenvalue weighted by Gasteiger charge is 2.19. The predicted octanol–water partition coefficient (Wildman–Crippen LogP) is 2.76. The largest absolute Gasteiger partial charge is 0.493 e. The Hall–Kier alpha value is -3.36. The highest BCUT2D eigenvalue weighted by Crippen LogP contribution is 2.28. The number of amides is 1. The molecule has 1 amide bonds. The average molecular weight is 412 g/mol. The molecule has 0 aromatic heterocycles. The number of carbonyl (C=O) groups is 2. The first-order valence-electron chi connectivity index (χ1n) is 9.46. The second kappa shape index (κ2) is 10.4. The zero-order valence-corrected chi connectivity index (χ0v) is 16.9. The molecule has 1 saturated heterocycles. The predicted molar refractivity (Wildman–Crippen MR) is 111 cm³/mol. The lowest BCUT2D eigenvalue weighted by Crippen LogP contribution is -2.38. The normalized spacial score (nSPS) is 14.3. The number of hydrogen-bond acceptors (Lipinski definition) is 7. The molecule has 1 heterocycles. The van der Waals surface area contributed by atoms with Crippen LogP contribution in [-0.2, 0) is 14.4 Å². The second-order valence-electron chi connectivity index (χ2n) is 6.40. The number of hydroxylamine groups is 2. The minimum atomic E-state index is -0.531. The summed E-state index contributed by atoms with van der Waals surface area (Å²) in [5.74, 6) is 0.260. The van der Waals surface area contributed by atoms with Crippen molar-refractivity contribution in [3.8, 4) is 11.5 Å². The maximum Gasteiger partial charge on any atom is 0.359 e. The van der Waals surface area contributed by atoms with Crippen LogP contribution >= 0.6 is 0 Å². The Bertz CT molecular complexity index is 922. The van der Waals surface area contributed by atoms with Gasteiger partial charge in [-0.2, -0.15) is 0 Å². The van der Waals surface area contributed by atoms with Crippen LogP contribution in [0.3, 0.4) is 0 Å². The number of nitrogens with one attached hydrogen (secondary N) is 1. The van der Waals surface area contributed by atoms with Crippen molar-refractivity contribution in [2.75, 3.05) is 45.8 Å². The van der Waals surface area contributed by atoms with Crippen molar-refractivity contribution in [2.45, 2.75) is 0 Å². The van der Waals surface area contributed by atoms with E-state index in [4.69, 9.17) is 19.0 Å². The summed E-state index contributed by atoms with van der Waals surface area (Å²) in [5.41, 5.74) is 1.41. The Morgan fingerprint density at radius 1 is 1.03 bits per heavy atom. The second-order valence-corrected chi connectivity index (χ2v) is 6.40. The minimum absolute atomic E-state index is 0.275. The van der Waals surface area contributed by atoms with Gasteiger partial charge >= 0.3 is 5.97 Å². The van der Waals surface area contributed by atoms with E-state index in [2.05, 4.69) is 5.32 Å². The molecule has 0 aliphatic carbocycles. The molecule has 1 fully saturated rings. The van der Waals surface area contributed by atoms with Crippen molar-refractivity contribution < 1.29 is 28.6 Å². The summed E-state index contributed by atoms with van der Waals surface area (Å²) >= 11 is 0. The first-order chi connectivity index (χ1) is 14.6. The van der Waals surface area contributed by atoms with Gasteiger partial charge in [0.25, 0.3) is 0 Å². The molecule has 1 N–H and O–H groups in total. The molecule has 8 nitrogen and oxygen atoms in total. The van der Waals surface area contributed by atoms with E-state index in [1.54, 1.807) is 67.8 Å². The number of para-hydroxylation sites is 1. The number of morpholine rings is 1. The first-order valence-corrected chi connectivity index (χ1v) is 9.46. The number of benzene rings is 2. The zero-order chi connectivity index (χ0) is 21.3. The number of hydrogen-bond donors (Lipinski definition) is 1.